The second kappa shape index (κ2) is 8.04. The molecular weight excluding hydrogens is 392 g/mol. The summed E-state index contributed by atoms with van der Waals surface area (Å²) in [6, 6.07) is 9.12. The molecule has 0 bridgehead atoms. The highest BCUT2D eigenvalue weighted by molar-refractivity contribution is 7.88. The summed E-state index contributed by atoms with van der Waals surface area (Å²) in [5.41, 5.74) is 1.46. The van der Waals surface area contributed by atoms with Gasteiger partial charge in [-0.05, 0) is 30.7 Å². The van der Waals surface area contributed by atoms with Crippen molar-refractivity contribution in [2.45, 2.75) is 6.42 Å². The van der Waals surface area contributed by atoms with E-state index in [1.165, 1.54) is 22.7 Å². The van der Waals surface area contributed by atoms with Crippen molar-refractivity contribution in [2.75, 3.05) is 18.1 Å². The van der Waals surface area contributed by atoms with Gasteiger partial charge in [0, 0.05) is 23.0 Å². The van der Waals surface area contributed by atoms with Crippen LogP contribution in [-0.4, -0.2) is 37.1 Å². The van der Waals surface area contributed by atoms with E-state index in [-0.39, 0.29) is 5.91 Å². The molecular formula is C16H16N4O3S3. The first-order chi connectivity index (χ1) is 12.4. The maximum atomic E-state index is 12.3. The van der Waals surface area contributed by atoms with Crippen LogP contribution in [0.2, 0.25) is 0 Å². The van der Waals surface area contributed by atoms with Gasteiger partial charge in [-0.15, -0.1) is 22.7 Å². The third kappa shape index (κ3) is 5.18. The van der Waals surface area contributed by atoms with Crippen molar-refractivity contribution in [1.82, 2.24) is 14.7 Å². The first-order valence-corrected chi connectivity index (χ1v) is 11.2. The Hall–Kier alpha value is -2.14. The summed E-state index contributed by atoms with van der Waals surface area (Å²) < 4.78 is 24.6. The van der Waals surface area contributed by atoms with E-state index in [0.717, 1.165) is 16.8 Å². The van der Waals surface area contributed by atoms with Crippen molar-refractivity contribution >= 4 is 43.7 Å². The van der Waals surface area contributed by atoms with Gasteiger partial charge >= 0.3 is 0 Å². The molecule has 3 aromatic heterocycles. The number of rotatable bonds is 7. The highest BCUT2D eigenvalue weighted by atomic mass is 32.2. The molecule has 3 aromatic rings. The van der Waals surface area contributed by atoms with Gasteiger partial charge in [0.2, 0.25) is 10.0 Å². The minimum atomic E-state index is -3.20. The van der Waals surface area contributed by atoms with Gasteiger partial charge in [0.25, 0.3) is 5.91 Å². The number of nitrogens with zero attached hydrogens (tertiary/aromatic N) is 2. The van der Waals surface area contributed by atoms with Crippen molar-refractivity contribution in [3.63, 3.8) is 0 Å². The zero-order valence-corrected chi connectivity index (χ0v) is 16.2. The van der Waals surface area contributed by atoms with Crippen LogP contribution in [0, 0.1) is 0 Å². The molecule has 1 amide bonds. The third-order valence-electron chi connectivity index (χ3n) is 3.27. The first-order valence-electron chi connectivity index (χ1n) is 7.62. The Morgan fingerprint density at radius 1 is 1.19 bits per heavy atom. The Labute approximate surface area is 159 Å². The van der Waals surface area contributed by atoms with Gasteiger partial charge in [-0.1, -0.05) is 6.07 Å². The summed E-state index contributed by atoms with van der Waals surface area (Å²) in [5, 5.41) is 5.13. The Morgan fingerprint density at radius 3 is 2.77 bits per heavy atom. The highest BCUT2D eigenvalue weighted by Crippen LogP contribution is 2.24. The first kappa shape index (κ1) is 18.6. The van der Waals surface area contributed by atoms with Crippen LogP contribution in [0.1, 0.15) is 14.5 Å². The van der Waals surface area contributed by atoms with Gasteiger partial charge in [-0.3, -0.25) is 15.1 Å². The number of sulfonamides is 1. The van der Waals surface area contributed by atoms with Gasteiger partial charge in [0.05, 0.1) is 16.8 Å². The minimum absolute atomic E-state index is 0.237. The van der Waals surface area contributed by atoms with Crippen LogP contribution in [-0.2, 0) is 16.4 Å². The molecule has 10 heteroatoms. The number of hydrogen-bond acceptors (Lipinski definition) is 7. The maximum Gasteiger partial charge on any atom is 0.267 e. The number of hydrogen-bond donors (Lipinski definition) is 2. The van der Waals surface area contributed by atoms with Gasteiger partial charge in [0.1, 0.15) is 5.69 Å². The number of amides is 1. The normalized spacial score (nSPS) is 11.4. The molecule has 2 N–H and O–H groups in total. The van der Waals surface area contributed by atoms with Crippen molar-refractivity contribution in [3.8, 4) is 11.4 Å². The Balaban J connectivity index is 1.60. The van der Waals surface area contributed by atoms with E-state index in [1.807, 2.05) is 29.6 Å². The number of thiophene rings is 1. The maximum absolute atomic E-state index is 12.3. The fraction of sp³-hybridized carbons (Fsp3) is 0.188. The molecule has 0 saturated heterocycles. The highest BCUT2D eigenvalue weighted by Gasteiger charge is 2.13. The molecule has 136 valence electrons. The fourth-order valence-corrected chi connectivity index (χ4v) is 4.19. The summed E-state index contributed by atoms with van der Waals surface area (Å²) in [5.74, 6) is -0.237. The Bertz CT molecular complexity index is 997. The molecule has 3 heterocycles. The number of aromatic nitrogens is 2. The molecule has 0 radical (unpaired) electrons. The second-order valence-corrected chi connectivity index (χ2v) is 9.25. The summed E-state index contributed by atoms with van der Waals surface area (Å²) in [6.07, 6.45) is 3.35. The average Bonchev–Trinajstić information content (AvgIpc) is 3.24. The van der Waals surface area contributed by atoms with Crippen molar-refractivity contribution in [1.29, 1.82) is 0 Å². The molecule has 0 aliphatic heterocycles. The summed E-state index contributed by atoms with van der Waals surface area (Å²) in [7, 11) is -3.20. The minimum Gasteiger partial charge on any atom is -0.297 e. The number of carbonyl (C=O) groups excluding carboxylic acids is 1. The van der Waals surface area contributed by atoms with Crippen LogP contribution >= 0.6 is 22.7 Å². The second-order valence-electron chi connectivity index (χ2n) is 5.39. The van der Waals surface area contributed by atoms with Gasteiger partial charge < -0.3 is 0 Å². The molecule has 0 saturated carbocycles. The number of nitrogens with one attached hydrogen (secondary N) is 2. The SMILES string of the molecule is CS(=O)(=O)NCCc1ccc(C(=O)Nc2nc(-c3ccccn3)cs2)s1. The fourth-order valence-electron chi connectivity index (χ4n) is 2.12. The van der Waals surface area contributed by atoms with Crippen molar-refractivity contribution in [2.24, 2.45) is 0 Å². The van der Waals surface area contributed by atoms with Crippen LogP contribution in [0.15, 0.2) is 41.9 Å². The lowest BCUT2D eigenvalue weighted by atomic mass is 10.3. The topological polar surface area (TPSA) is 101 Å². The zero-order valence-electron chi connectivity index (χ0n) is 13.8. The molecule has 0 spiro atoms. The largest absolute Gasteiger partial charge is 0.297 e. The molecule has 0 aromatic carbocycles. The lowest BCUT2D eigenvalue weighted by molar-refractivity contribution is 0.103. The van der Waals surface area contributed by atoms with E-state index in [1.54, 1.807) is 12.3 Å². The van der Waals surface area contributed by atoms with E-state index in [4.69, 9.17) is 0 Å². The monoisotopic (exact) mass is 408 g/mol. The molecule has 0 fully saturated rings. The van der Waals surface area contributed by atoms with Gasteiger partial charge in [-0.25, -0.2) is 18.1 Å². The van der Waals surface area contributed by atoms with Gasteiger partial charge in [0.15, 0.2) is 5.13 Å². The molecule has 26 heavy (non-hydrogen) atoms. The van der Waals surface area contributed by atoms with Crippen molar-refractivity contribution in [3.05, 3.63) is 51.7 Å². The van der Waals surface area contributed by atoms with E-state index < -0.39 is 10.0 Å². The zero-order chi connectivity index (χ0) is 18.6. The number of pyridine rings is 1. The van der Waals surface area contributed by atoms with E-state index in [0.29, 0.717) is 28.7 Å². The van der Waals surface area contributed by atoms with E-state index in [2.05, 4.69) is 20.0 Å². The molecule has 3 rings (SSSR count). The van der Waals surface area contributed by atoms with Crippen LogP contribution in [0.3, 0.4) is 0 Å². The Morgan fingerprint density at radius 2 is 2.04 bits per heavy atom. The lowest BCUT2D eigenvalue weighted by Gasteiger charge is -2.00. The third-order valence-corrected chi connectivity index (χ3v) is 5.90. The number of thiazole rings is 1. The standard InChI is InChI=1S/C16H16N4O3S3/c1-26(22,23)18-9-7-11-5-6-14(25-11)15(21)20-16-19-13(10-24-16)12-4-2-3-8-17-12/h2-6,8,10,18H,7,9H2,1H3,(H,19,20,21). The van der Waals surface area contributed by atoms with Crippen LogP contribution in [0.4, 0.5) is 5.13 Å². The van der Waals surface area contributed by atoms with Crippen LogP contribution in [0.5, 0.6) is 0 Å². The van der Waals surface area contributed by atoms with Crippen LogP contribution in [0.25, 0.3) is 11.4 Å². The van der Waals surface area contributed by atoms with Crippen LogP contribution < -0.4 is 10.0 Å². The lowest BCUT2D eigenvalue weighted by Crippen LogP contribution is -2.24. The summed E-state index contributed by atoms with van der Waals surface area (Å²) in [6.45, 7) is 0.306. The molecule has 0 aliphatic rings. The van der Waals surface area contributed by atoms with E-state index >= 15 is 0 Å². The number of anilines is 1. The predicted octanol–water partition coefficient (Wildman–Crippen LogP) is 2.61. The van der Waals surface area contributed by atoms with Crippen molar-refractivity contribution < 1.29 is 13.2 Å². The summed E-state index contributed by atoms with van der Waals surface area (Å²) >= 11 is 2.67. The predicted molar refractivity (Wildman–Crippen MR) is 104 cm³/mol. The Kier molecular flexibility index (Phi) is 5.77. The quantitative estimate of drug-likeness (QED) is 0.626. The summed E-state index contributed by atoms with van der Waals surface area (Å²) in [4.78, 5) is 22.4. The van der Waals surface area contributed by atoms with E-state index in [9.17, 15) is 13.2 Å². The smallest absolute Gasteiger partial charge is 0.267 e. The molecule has 0 unspecified atom stereocenters. The molecule has 0 atom stereocenters. The average molecular weight is 409 g/mol. The molecule has 7 nitrogen and oxygen atoms in total. The van der Waals surface area contributed by atoms with Gasteiger partial charge in [-0.2, -0.15) is 0 Å². The molecule has 0 aliphatic carbocycles. The number of carbonyl (C=O) groups is 1.